The highest BCUT2D eigenvalue weighted by atomic mass is 35.5. The van der Waals surface area contributed by atoms with Gasteiger partial charge in [-0.05, 0) is 50.4 Å². The van der Waals surface area contributed by atoms with Gasteiger partial charge in [-0.2, -0.15) is 0 Å². The summed E-state index contributed by atoms with van der Waals surface area (Å²) >= 11 is 0. The van der Waals surface area contributed by atoms with Gasteiger partial charge in [-0.1, -0.05) is 0 Å². The van der Waals surface area contributed by atoms with Crippen molar-refractivity contribution < 1.29 is 4.79 Å². The van der Waals surface area contributed by atoms with E-state index in [2.05, 4.69) is 5.32 Å². The van der Waals surface area contributed by atoms with Gasteiger partial charge in [-0.3, -0.25) is 4.79 Å². The third kappa shape index (κ3) is 1.84. The van der Waals surface area contributed by atoms with E-state index in [0.29, 0.717) is 17.9 Å². The first-order valence-electron chi connectivity index (χ1n) is 6.31. The van der Waals surface area contributed by atoms with Gasteiger partial charge in [0.15, 0.2) is 0 Å². The number of carbonyl (C=O) groups is 1. The summed E-state index contributed by atoms with van der Waals surface area (Å²) in [5, 5.41) is 3.15. The predicted octanol–water partition coefficient (Wildman–Crippen LogP) is 1.45. The molecule has 92 valence electrons. The van der Waals surface area contributed by atoms with E-state index in [-0.39, 0.29) is 30.3 Å². The average Bonchev–Trinajstić information content (AvgIpc) is 2.70. The van der Waals surface area contributed by atoms with Crippen molar-refractivity contribution in [1.82, 2.24) is 5.32 Å². The van der Waals surface area contributed by atoms with E-state index in [1.165, 1.54) is 38.5 Å². The lowest BCUT2D eigenvalue weighted by Crippen LogP contribution is -2.49. The lowest BCUT2D eigenvalue weighted by Gasteiger charge is -2.32. The molecule has 0 aromatic heterocycles. The number of nitrogens with one attached hydrogen (secondary N) is 1. The zero-order chi connectivity index (χ0) is 10.4. The maximum absolute atomic E-state index is 12.1. The van der Waals surface area contributed by atoms with Crippen molar-refractivity contribution in [3.8, 4) is 0 Å². The number of nitrogens with two attached hydrogens (primary N) is 1. The van der Waals surface area contributed by atoms with Gasteiger partial charge in [0.05, 0.1) is 5.92 Å². The number of rotatable bonds is 2. The third-order valence-corrected chi connectivity index (χ3v) is 4.73. The number of hydrogen-bond donors (Lipinski definition) is 2. The summed E-state index contributed by atoms with van der Waals surface area (Å²) in [6.07, 6.45) is 7.28. The Balaban J connectivity index is 0.000000963. The largest absolute Gasteiger partial charge is 0.353 e. The SMILES string of the molecule is Cl.NC1C2CCC(C2)C1C(=O)NC1CCC1. The summed E-state index contributed by atoms with van der Waals surface area (Å²) in [7, 11) is 0. The molecule has 0 aromatic rings. The van der Waals surface area contributed by atoms with Gasteiger partial charge in [-0.15, -0.1) is 12.4 Å². The van der Waals surface area contributed by atoms with Crippen LogP contribution in [-0.4, -0.2) is 18.0 Å². The smallest absolute Gasteiger partial charge is 0.225 e. The molecule has 0 saturated heterocycles. The predicted molar refractivity (Wildman–Crippen MR) is 65.3 cm³/mol. The number of amides is 1. The summed E-state index contributed by atoms with van der Waals surface area (Å²) < 4.78 is 0. The second-order valence-corrected chi connectivity index (χ2v) is 5.57. The van der Waals surface area contributed by atoms with Crippen LogP contribution in [0.15, 0.2) is 0 Å². The number of hydrogen-bond acceptors (Lipinski definition) is 2. The van der Waals surface area contributed by atoms with E-state index in [4.69, 9.17) is 5.73 Å². The molecule has 16 heavy (non-hydrogen) atoms. The first-order valence-corrected chi connectivity index (χ1v) is 6.31. The van der Waals surface area contributed by atoms with Crippen LogP contribution >= 0.6 is 12.4 Å². The first kappa shape index (κ1) is 12.2. The standard InChI is InChI=1S/C12H20N2O.ClH/c13-11-8-5-4-7(6-8)10(11)12(15)14-9-2-1-3-9;/h7-11H,1-6,13H2,(H,14,15);1H. The van der Waals surface area contributed by atoms with Crippen LogP contribution in [-0.2, 0) is 4.79 Å². The van der Waals surface area contributed by atoms with Crippen molar-refractivity contribution in [3.05, 3.63) is 0 Å². The van der Waals surface area contributed by atoms with Crippen LogP contribution in [0.5, 0.6) is 0 Å². The normalized spacial score (nSPS) is 41.3. The quantitative estimate of drug-likeness (QED) is 0.773. The number of carbonyl (C=O) groups excluding carboxylic acids is 1. The zero-order valence-corrected chi connectivity index (χ0v) is 10.3. The summed E-state index contributed by atoms with van der Waals surface area (Å²) in [6.45, 7) is 0. The van der Waals surface area contributed by atoms with Crippen LogP contribution in [0.25, 0.3) is 0 Å². The van der Waals surface area contributed by atoms with Crippen LogP contribution in [0.1, 0.15) is 38.5 Å². The molecule has 4 atom stereocenters. The van der Waals surface area contributed by atoms with E-state index in [0.717, 1.165) is 0 Å². The van der Waals surface area contributed by atoms with Crippen LogP contribution in [0.3, 0.4) is 0 Å². The van der Waals surface area contributed by atoms with Crippen molar-refractivity contribution in [3.63, 3.8) is 0 Å². The summed E-state index contributed by atoms with van der Waals surface area (Å²) in [5.41, 5.74) is 6.14. The first-order chi connectivity index (χ1) is 7.25. The fraction of sp³-hybridized carbons (Fsp3) is 0.917. The number of halogens is 1. The molecule has 4 heteroatoms. The molecule has 0 radical (unpaired) electrons. The summed E-state index contributed by atoms with van der Waals surface area (Å²) in [6, 6.07) is 0.604. The molecule has 3 rings (SSSR count). The molecule has 0 aromatic carbocycles. The number of fused-ring (bicyclic) bond motifs is 2. The fourth-order valence-corrected chi connectivity index (χ4v) is 3.57. The molecule has 3 aliphatic rings. The molecule has 3 nitrogen and oxygen atoms in total. The van der Waals surface area contributed by atoms with Crippen molar-refractivity contribution >= 4 is 18.3 Å². The molecular formula is C12H21ClN2O. The molecule has 2 bridgehead atoms. The highest BCUT2D eigenvalue weighted by Crippen LogP contribution is 2.47. The van der Waals surface area contributed by atoms with Crippen LogP contribution in [0.4, 0.5) is 0 Å². The van der Waals surface area contributed by atoms with Gasteiger partial charge < -0.3 is 11.1 Å². The molecule has 1 amide bonds. The zero-order valence-electron chi connectivity index (χ0n) is 9.52. The Morgan fingerprint density at radius 3 is 2.31 bits per heavy atom. The van der Waals surface area contributed by atoms with Gasteiger partial charge in [-0.25, -0.2) is 0 Å². The Morgan fingerprint density at radius 2 is 1.81 bits per heavy atom. The van der Waals surface area contributed by atoms with Crippen LogP contribution in [0.2, 0.25) is 0 Å². The second kappa shape index (κ2) is 4.53. The lowest BCUT2D eigenvalue weighted by atomic mass is 9.83. The lowest BCUT2D eigenvalue weighted by molar-refractivity contribution is -0.128. The van der Waals surface area contributed by atoms with Gasteiger partial charge in [0.25, 0.3) is 0 Å². The summed E-state index contributed by atoms with van der Waals surface area (Å²) in [5.74, 6) is 1.60. The van der Waals surface area contributed by atoms with Crippen molar-refractivity contribution in [2.75, 3.05) is 0 Å². The molecule has 0 spiro atoms. The molecule has 3 aliphatic carbocycles. The molecule has 4 unspecified atom stereocenters. The van der Waals surface area contributed by atoms with Crippen molar-refractivity contribution in [1.29, 1.82) is 0 Å². The van der Waals surface area contributed by atoms with Gasteiger partial charge in [0, 0.05) is 12.1 Å². The van der Waals surface area contributed by atoms with Gasteiger partial charge in [0.2, 0.25) is 5.91 Å². The Labute approximate surface area is 103 Å². The van der Waals surface area contributed by atoms with Crippen LogP contribution < -0.4 is 11.1 Å². The van der Waals surface area contributed by atoms with E-state index in [9.17, 15) is 4.79 Å². The van der Waals surface area contributed by atoms with E-state index in [1.54, 1.807) is 0 Å². The summed E-state index contributed by atoms with van der Waals surface area (Å²) in [4.78, 5) is 12.1. The van der Waals surface area contributed by atoms with Crippen LogP contribution in [0, 0.1) is 17.8 Å². The Bertz CT molecular complexity index is 278. The Kier molecular flexibility index (Phi) is 3.45. The molecule has 0 aliphatic heterocycles. The van der Waals surface area contributed by atoms with Gasteiger partial charge in [0.1, 0.15) is 0 Å². The van der Waals surface area contributed by atoms with E-state index >= 15 is 0 Å². The molecule has 3 saturated carbocycles. The fourth-order valence-electron chi connectivity index (χ4n) is 3.57. The maximum Gasteiger partial charge on any atom is 0.225 e. The van der Waals surface area contributed by atoms with Gasteiger partial charge >= 0.3 is 0 Å². The molecular weight excluding hydrogens is 224 g/mol. The highest BCUT2D eigenvalue weighted by Gasteiger charge is 2.49. The monoisotopic (exact) mass is 244 g/mol. The third-order valence-electron chi connectivity index (χ3n) is 4.73. The maximum atomic E-state index is 12.1. The Morgan fingerprint density at radius 1 is 1.12 bits per heavy atom. The van der Waals surface area contributed by atoms with E-state index < -0.39 is 0 Å². The minimum absolute atomic E-state index is 0. The van der Waals surface area contributed by atoms with Crippen molar-refractivity contribution in [2.24, 2.45) is 23.5 Å². The molecule has 3 fully saturated rings. The average molecular weight is 245 g/mol. The minimum Gasteiger partial charge on any atom is -0.353 e. The minimum atomic E-state index is 0. The Hall–Kier alpha value is -0.280. The molecule has 0 heterocycles. The second-order valence-electron chi connectivity index (χ2n) is 5.57. The highest BCUT2D eigenvalue weighted by molar-refractivity contribution is 5.85. The topological polar surface area (TPSA) is 55.1 Å². The van der Waals surface area contributed by atoms with Crippen molar-refractivity contribution in [2.45, 2.75) is 50.6 Å². The van der Waals surface area contributed by atoms with E-state index in [1.807, 2.05) is 0 Å². The molecule has 3 N–H and O–H groups in total.